The van der Waals surface area contributed by atoms with Crippen molar-refractivity contribution in [1.29, 1.82) is 0 Å². The Kier molecular flexibility index (Phi) is 5.62. The highest BCUT2D eigenvalue weighted by atomic mass is 16.2. The van der Waals surface area contributed by atoms with E-state index < -0.39 is 0 Å². The minimum Gasteiger partial charge on any atom is -0.341 e. The first-order valence-corrected chi connectivity index (χ1v) is 10.8. The zero-order chi connectivity index (χ0) is 18.8. The topological polar surface area (TPSA) is 52.6 Å². The van der Waals surface area contributed by atoms with Crippen molar-refractivity contribution in [2.45, 2.75) is 58.4 Å². The molecule has 6 heteroatoms. The number of fused-ring (bicyclic) bond motifs is 4. The maximum absolute atomic E-state index is 13.3. The van der Waals surface area contributed by atoms with E-state index in [1.54, 1.807) is 6.20 Å². The molecule has 0 aromatic carbocycles. The molecular weight excluding hydrogens is 338 g/mol. The lowest BCUT2D eigenvalue weighted by Crippen LogP contribution is -2.44. The fourth-order valence-corrected chi connectivity index (χ4v) is 4.99. The van der Waals surface area contributed by atoms with Crippen LogP contribution in [0.4, 0.5) is 5.95 Å². The van der Waals surface area contributed by atoms with Gasteiger partial charge in [-0.15, -0.1) is 0 Å². The van der Waals surface area contributed by atoms with Crippen LogP contribution in [0.2, 0.25) is 0 Å². The summed E-state index contributed by atoms with van der Waals surface area (Å²) in [7, 11) is 0. The van der Waals surface area contributed by atoms with E-state index in [1.807, 2.05) is 6.92 Å². The monoisotopic (exact) mass is 371 g/mol. The number of carbonyl (C=O) groups is 1. The van der Waals surface area contributed by atoms with E-state index in [1.165, 1.54) is 38.5 Å². The van der Waals surface area contributed by atoms with E-state index in [0.29, 0.717) is 17.5 Å². The zero-order valence-electron chi connectivity index (χ0n) is 16.9. The summed E-state index contributed by atoms with van der Waals surface area (Å²) in [5, 5.41) is 0. The third-order valence-electron chi connectivity index (χ3n) is 6.46. The lowest BCUT2D eigenvalue weighted by atomic mass is 9.95. The Labute approximate surface area is 162 Å². The van der Waals surface area contributed by atoms with Crippen LogP contribution >= 0.6 is 0 Å². The fourth-order valence-electron chi connectivity index (χ4n) is 4.99. The molecule has 0 unspecified atom stereocenters. The van der Waals surface area contributed by atoms with Crippen molar-refractivity contribution in [3.8, 4) is 0 Å². The van der Waals surface area contributed by atoms with Crippen LogP contribution in [0.5, 0.6) is 0 Å². The van der Waals surface area contributed by atoms with Gasteiger partial charge in [-0.1, -0.05) is 6.92 Å². The normalized spacial score (nSPS) is 26.3. The molecule has 1 amide bonds. The molecule has 148 valence electrons. The largest absolute Gasteiger partial charge is 0.341 e. The van der Waals surface area contributed by atoms with Crippen LogP contribution < -0.4 is 4.90 Å². The first-order chi connectivity index (χ1) is 13.2. The van der Waals surface area contributed by atoms with Gasteiger partial charge < -0.3 is 9.80 Å². The molecule has 1 aromatic rings. The van der Waals surface area contributed by atoms with Gasteiger partial charge in [0.1, 0.15) is 0 Å². The smallest absolute Gasteiger partial charge is 0.257 e. The number of aromatic nitrogens is 2. The molecule has 2 bridgehead atoms. The predicted octanol–water partition coefficient (Wildman–Crippen LogP) is 2.72. The Morgan fingerprint density at radius 2 is 1.96 bits per heavy atom. The molecule has 4 saturated heterocycles. The Hall–Kier alpha value is -1.69. The molecule has 0 saturated carbocycles. The van der Waals surface area contributed by atoms with Gasteiger partial charge in [-0.05, 0) is 57.9 Å². The summed E-state index contributed by atoms with van der Waals surface area (Å²) in [6.45, 7) is 10.3. The summed E-state index contributed by atoms with van der Waals surface area (Å²) in [6.07, 6.45) is 9.11. The van der Waals surface area contributed by atoms with Crippen molar-refractivity contribution in [2.24, 2.45) is 5.92 Å². The molecule has 4 fully saturated rings. The third-order valence-corrected chi connectivity index (χ3v) is 6.46. The third kappa shape index (κ3) is 3.96. The highest BCUT2D eigenvalue weighted by molar-refractivity contribution is 5.95. The molecular formula is C21H33N5O. The van der Waals surface area contributed by atoms with Crippen molar-refractivity contribution in [2.75, 3.05) is 44.2 Å². The van der Waals surface area contributed by atoms with Crippen molar-refractivity contribution in [3.05, 3.63) is 17.5 Å². The van der Waals surface area contributed by atoms with Crippen LogP contribution in [0.1, 0.15) is 61.5 Å². The van der Waals surface area contributed by atoms with E-state index >= 15 is 0 Å². The lowest BCUT2D eigenvalue weighted by Gasteiger charge is -2.35. The van der Waals surface area contributed by atoms with E-state index in [-0.39, 0.29) is 5.91 Å². The molecule has 2 atom stereocenters. The lowest BCUT2D eigenvalue weighted by molar-refractivity contribution is 0.0736. The molecule has 4 aliphatic heterocycles. The van der Waals surface area contributed by atoms with Gasteiger partial charge in [-0.3, -0.25) is 9.69 Å². The Morgan fingerprint density at radius 3 is 2.70 bits per heavy atom. The van der Waals surface area contributed by atoms with E-state index in [2.05, 4.69) is 26.6 Å². The Bertz CT molecular complexity index is 673. The molecule has 0 radical (unpaired) electrons. The second kappa shape index (κ2) is 8.13. The van der Waals surface area contributed by atoms with Crippen LogP contribution in [-0.4, -0.2) is 71.0 Å². The summed E-state index contributed by atoms with van der Waals surface area (Å²) < 4.78 is 0. The molecule has 4 aliphatic rings. The summed E-state index contributed by atoms with van der Waals surface area (Å²) in [6, 6.07) is 0.515. The molecule has 0 aliphatic carbocycles. The average molecular weight is 372 g/mol. The van der Waals surface area contributed by atoms with Gasteiger partial charge in [-0.25, -0.2) is 9.97 Å². The van der Waals surface area contributed by atoms with Crippen LogP contribution in [0.3, 0.4) is 0 Å². The van der Waals surface area contributed by atoms with Gasteiger partial charge in [0, 0.05) is 45.0 Å². The maximum Gasteiger partial charge on any atom is 0.257 e. The Balaban J connectivity index is 1.49. The first kappa shape index (κ1) is 18.7. The minimum absolute atomic E-state index is 0.118. The number of aryl methyl sites for hydroxylation is 1. The predicted molar refractivity (Wildman–Crippen MR) is 107 cm³/mol. The quantitative estimate of drug-likeness (QED) is 0.815. The summed E-state index contributed by atoms with van der Waals surface area (Å²) in [5.41, 5.74) is 1.50. The van der Waals surface area contributed by atoms with Gasteiger partial charge in [0.25, 0.3) is 5.91 Å². The molecule has 6 nitrogen and oxygen atoms in total. The van der Waals surface area contributed by atoms with E-state index in [4.69, 9.17) is 4.98 Å². The molecule has 5 heterocycles. The minimum atomic E-state index is 0.118. The van der Waals surface area contributed by atoms with E-state index in [9.17, 15) is 4.79 Å². The molecule has 5 rings (SSSR count). The van der Waals surface area contributed by atoms with Crippen molar-refractivity contribution < 1.29 is 4.79 Å². The number of nitrogens with zero attached hydrogens (tertiary/aromatic N) is 5. The number of anilines is 1. The number of piperidine rings is 2. The summed E-state index contributed by atoms with van der Waals surface area (Å²) in [5.74, 6) is 1.51. The number of hydrogen-bond donors (Lipinski definition) is 0. The van der Waals surface area contributed by atoms with Crippen LogP contribution in [0.25, 0.3) is 0 Å². The average Bonchev–Trinajstić information content (AvgIpc) is 3.00. The van der Waals surface area contributed by atoms with Crippen molar-refractivity contribution in [3.63, 3.8) is 0 Å². The SMILES string of the molecule is CCCN1C[C@H]2CC[C@@H]1CN(C(=O)c1cnc(N3CCCCC3)nc1C)C2. The summed E-state index contributed by atoms with van der Waals surface area (Å²) in [4.78, 5) is 29.4. The second-order valence-electron chi connectivity index (χ2n) is 8.52. The first-order valence-electron chi connectivity index (χ1n) is 10.8. The number of rotatable bonds is 4. The van der Waals surface area contributed by atoms with Crippen LogP contribution in [-0.2, 0) is 0 Å². The molecule has 0 N–H and O–H groups in total. The summed E-state index contributed by atoms with van der Waals surface area (Å²) >= 11 is 0. The zero-order valence-corrected chi connectivity index (χ0v) is 16.9. The number of amides is 1. The van der Waals surface area contributed by atoms with Gasteiger partial charge in [0.05, 0.1) is 11.3 Å². The number of carbonyl (C=O) groups excluding carboxylic acids is 1. The van der Waals surface area contributed by atoms with Crippen LogP contribution in [0, 0.1) is 12.8 Å². The standard InChI is InChI=1S/C21H33N5O/c1-3-9-25-13-17-7-8-18(25)15-26(14-17)20(27)19-12-22-21(23-16(19)2)24-10-5-4-6-11-24/h12,17-18H,3-11,13-15H2,1-2H3/t17-,18-/m1/s1. The molecule has 0 spiro atoms. The highest BCUT2D eigenvalue weighted by Gasteiger charge is 2.36. The maximum atomic E-state index is 13.3. The second-order valence-corrected chi connectivity index (χ2v) is 8.52. The van der Waals surface area contributed by atoms with Crippen LogP contribution in [0.15, 0.2) is 6.20 Å². The van der Waals surface area contributed by atoms with Crippen molar-refractivity contribution >= 4 is 11.9 Å². The van der Waals surface area contributed by atoms with Crippen molar-refractivity contribution in [1.82, 2.24) is 19.8 Å². The fraction of sp³-hybridized carbons (Fsp3) is 0.762. The molecule has 27 heavy (non-hydrogen) atoms. The van der Waals surface area contributed by atoms with Gasteiger partial charge in [-0.2, -0.15) is 0 Å². The number of hydrogen-bond acceptors (Lipinski definition) is 5. The van der Waals surface area contributed by atoms with Gasteiger partial charge in [0.15, 0.2) is 0 Å². The van der Waals surface area contributed by atoms with Gasteiger partial charge >= 0.3 is 0 Å². The molecule has 1 aromatic heterocycles. The van der Waals surface area contributed by atoms with E-state index in [0.717, 1.165) is 50.9 Å². The Morgan fingerprint density at radius 1 is 1.15 bits per heavy atom. The highest BCUT2D eigenvalue weighted by Crippen LogP contribution is 2.29. The van der Waals surface area contributed by atoms with Gasteiger partial charge in [0.2, 0.25) is 5.95 Å².